The van der Waals surface area contributed by atoms with Gasteiger partial charge >= 0.3 is 0 Å². The van der Waals surface area contributed by atoms with Gasteiger partial charge in [0.15, 0.2) is 5.69 Å². The average Bonchev–Trinajstić information content (AvgIpc) is 3.39. The second-order valence-corrected chi connectivity index (χ2v) is 8.31. The number of aromatic nitrogens is 3. The first-order chi connectivity index (χ1) is 12.1. The molecule has 2 heterocycles. The number of piperidine rings is 1. The Morgan fingerprint density at radius 3 is 2.19 bits per heavy atom. The van der Waals surface area contributed by atoms with Gasteiger partial charge in [0.1, 0.15) is 0 Å². The van der Waals surface area contributed by atoms with E-state index in [0.717, 1.165) is 63.2 Å². The molecule has 1 amide bonds. The summed E-state index contributed by atoms with van der Waals surface area (Å²) >= 11 is 0. The van der Waals surface area contributed by atoms with Crippen LogP contribution in [0.25, 0.3) is 0 Å². The van der Waals surface area contributed by atoms with Gasteiger partial charge in [-0.15, -0.1) is 17.5 Å². The van der Waals surface area contributed by atoms with E-state index in [0.29, 0.717) is 23.8 Å². The summed E-state index contributed by atoms with van der Waals surface area (Å²) < 4.78 is 2.00. The molecule has 2 saturated carbocycles. The SMILES string of the molecule is Cc1c(C(=O)N(C2CCC(C)CC2)C2CC2)nnn1C1CCNCC1.Cl. The molecule has 0 radical (unpaired) electrons. The van der Waals surface area contributed by atoms with E-state index in [9.17, 15) is 4.79 Å². The lowest BCUT2D eigenvalue weighted by Gasteiger charge is -2.36. The largest absolute Gasteiger partial charge is 0.331 e. The Bertz CT molecular complexity index is 615. The molecule has 146 valence electrons. The third-order valence-corrected chi connectivity index (χ3v) is 6.34. The Morgan fingerprint density at radius 1 is 1.04 bits per heavy atom. The van der Waals surface area contributed by atoms with Crippen LogP contribution in [0, 0.1) is 12.8 Å². The Labute approximate surface area is 162 Å². The van der Waals surface area contributed by atoms with E-state index in [1.165, 1.54) is 12.8 Å². The van der Waals surface area contributed by atoms with Crippen LogP contribution in [-0.2, 0) is 0 Å². The molecule has 1 aromatic heterocycles. The lowest BCUT2D eigenvalue weighted by molar-refractivity contribution is 0.0586. The van der Waals surface area contributed by atoms with Crippen LogP contribution in [0.15, 0.2) is 0 Å². The van der Waals surface area contributed by atoms with Gasteiger partial charge in [0, 0.05) is 12.1 Å². The average molecular weight is 382 g/mol. The van der Waals surface area contributed by atoms with Crippen molar-refractivity contribution in [2.75, 3.05) is 13.1 Å². The number of rotatable bonds is 4. The number of carbonyl (C=O) groups excluding carboxylic acids is 1. The minimum absolute atomic E-state index is 0. The van der Waals surface area contributed by atoms with Gasteiger partial charge in [0.05, 0.1) is 11.7 Å². The number of nitrogens with zero attached hydrogens (tertiary/aromatic N) is 4. The Morgan fingerprint density at radius 2 is 1.62 bits per heavy atom. The van der Waals surface area contributed by atoms with Crippen molar-refractivity contribution in [3.8, 4) is 0 Å². The van der Waals surface area contributed by atoms with E-state index < -0.39 is 0 Å². The van der Waals surface area contributed by atoms with Crippen LogP contribution in [0.4, 0.5) is 0 Å². The predicted octanol–water partition coefficient (Wildman–Crippen LogP) is 3.12. The third kappa shape index (κ3) is 3.91. The van der Waals surface area contributed by atoms with E-state index in [1.807, 2.05) is 11.6 Å². The minimum Gasteiger partial charge on any atom is -0.331 e. The van der Waals surface area contributed by atoms with Crippen LogP contribution < -0.4 is 5.32 Å². The molecule has 0 spiro atoms. The second-order valence-electron chi connectivity index (χ2n) is 8.31. The molecule has 0 aromatic carbocycles. The molecule has 26 heavy (non-hydrogen) atoms. The molecule has 3 fully saturated rings. The zero-order valence-corrected chi connectivity index (χ0v) is 16.8. The van der Waals surface area contributed by atoms with Gasteiger partial charge in [0.25, 0.3) is 5.91 Å². The van der Waals surface area contributed by atoms with Gasteiger partial charge in [-0.1, -0.05) is 12.1 Å². The van der Waals surface area contributed by atoms with E-state index in [2.05, 4.69) is 27.5 Å². The third-order valence-electron chi connectivity index (χ3n) is 6.34. The summed E-state index contributed by atoms with van der Waals surface area (Å²) in [5, 5.41) is 12.1. The first-order valence-electron chi connectivity index (χ1n) is 10.1. The molecule has 1 N–H and O–H groups in total. The molecule has 1 aliphatic heterocycles. The van der Waals surface area contributed by atoms with Gasteiger partial charge in [-0.05, 0) is 77.3 Å². The Balaban J connectivity index is 0.00000196. The fourth-order valence-corrected chi connectivity index (χ4v) is 4.56. The van der Waals surface area contributed by atoms with Crippen molar-refractivity contribution in [3.63, 3.8) is 0 Å². The zero-order chi connectivity index (χ0) is 17.4. The minimum atomic E-state index is 0. The van der Waals surface area contributed by atoms with Crippen molar-refractivity contribution in [1.29, 1.82) is 0 Å². The van der Waals surface area contributed by atoms with Crippen molar-refractivity contribution < 1.29 is 4.79 Å². The highest BCUT2D eigenvalue weighted by molar-refractivity contribution is 5.94. The summed E-state index contributed by atoms with van der Waals surface area (Å²) in [7, 11) is 0. The molecule has 6 nitrogen and oxygen atoms in total. The van der Waals surface area contributed by atoms with Crippen LogP contribution in [0.3, 0.4) is 0 Å². The van der Waals surface area contributed by atoms with Crippen molar-refractivity contribution >= 4 is 18.3 Å². The van der Waals surface area contributed by atoms with Gasteiger partial charge in [-0.3, -0.25) is 4.79 Å². The molecule has 0 atom stereocenters. The van der Waals surface area contributed by atoms with Gasteiger partial charge in [-0.2, -0.15) is 0 Å². The molecular weight excluding hydrogens is 350 g/mol. The summed E-state index contributed by atoms with van der Waals surface area (Å²) in [6, 6.07) is 1.22. The quantitative estimate of drug-likeness (QED) is 0.870. The monoisotopic (exact) mass is 381 g/mol. The molecule has 2 aliphatic carbocycles. The highest BCUT2D eigenvalue weighted by Crippen LogP contribution is 2.36. The number of hydrogen-bond acceptors (Lipinski definition) is 4. The van der Waals surface area contributed by atoms with E-state index in [4.69, 9.17) is 0 Å². The lowest BCUT2D eigenvalue weighted by atomic mass is 9.86. The maximum absolute atomic E-state index is 13.3. The van der Waals surface area contributed by atoms with Crippen LogP contribution in [0.5, 0.6) is 0 Å². The van der Waals surface area contributed by atoms with Crippen LogP contribution >= 0.6 is 12.4 Å². The number of halogens is 1. The summed E-state index contributed by atoms with van der Waals surface area (Å²) in [5.41, 5.74) is 1.54. The van der Waals surface area contributed by atoms with Crippen molar-refractivity contribution in [3.05, 3.63) is 11.4 Å². The Kier molecular flexibility index (Phi) is 6.23. The van der Waals surface area contributed by atoms with Crippen molar-refractivity contribution in [2.24, 2.45) is 5.92 Å². The predicted molar refractivity (Wildman–Crippen MR) is 104 cm³/mol. The van der Waals surface area contributed by atoms with E-state index in [1.54, 1.807) is 0 Å². The van der Waals surface area contributed by atoms with Gasteiger partial charge in [-0.25, -0.2) is 4.68 Å². The topological polar surface area (TPSA) is 63.1 Å². The van der Waals surface area contributed by atoms with Crippen LogP contribution in [0.2, 0.25) is 0 Å². The van der Waals surface area contributed by atoms with Gasteiger partial charge < -0.3 is 10.2 Å². The highest BCUT2D eigenvalue weighted by Gasteiger charge is 2.40. The molecule has 0 bridgehead atoms. The molecule has 4 rings (SSSR count). The second kappa shape index (κ2) is 8.26. The van der Waals surface area contributed by atoms with Crippen LogP contribution in [0.1, 0.15) is 80.5 Å². The fourth-order valence-electron chi connectivity index (χ4n) is 4.56. The first-order valence-corrected chi connectivity index (χ1v) is 10.1. The van der Waals surface area contributed by atoms with Crippen LogP contribution in [-0.4, -0.2) is 51.0 Å². The van der Waals surface area contributed by atoms with Crippen molar-refractivity contribution in [1.82, 2.24) is 25.2 Å². The summed E-state index contributed by atoms with van der Waals surface area (Å²) in [6.45, 7) is 6.38. The zero-order valence-electron chi connectivity index (χ0n) is 16.0. The molecule has 1 saturated heterocycles. The van der Waals surface area contributed by atoms with Crippen molar-refractivity contribution in [2.45, 2.75) is 83.3 Å². The molecule has 0 unspecified atom stereocenters. The normalized spacial score (nSPS) is 27.0. The Hall–Kier alpha value is -1.14. The highest BCUT2D eigenvalue weighted by atomic mass is 35.5. The molecule has 3 aliphatic rings. The summed E-state index contributed by atoms with van der Waals surface area (Å²) in [4.78, 5) is 15.5. The number of carbonyl (C=O) groups is 1. The number of hydrogen-bond donors (Lipinski definition) is 1. The van der Waals surface area contributed by atoms with Gasteiger partial charge in [0.2, 0.25) is 0 Å². The number of amides is 1. The maximum atomic E-state index is 13.3. The number of nitrogens with one attached hydrogen (secondary N) is 1. The first kappa shape index (κ1) is 19.6. The summed E-state index contributed by atoms with van der Waals surface area (Å²) in [6.07, 6.45) is 9.19. The maximum Gasteiger partial charge on any atom is 0.276 e. The summed E-state index contributed by atoms with van der Waals surface area (Å²) in [5.74, 6) is 0.926. The molecule has 1 aromatic rings. The van der Waals surface area contributed by atoms with E-state index in [-0.39, 0.29) is 18.3 Å². The lowest BCUT2D eigenvalue weighted by Crippen LogP contribution is -2.44. The fraction of sp³-hybridized carbons (Fsp3) is 0.842. The molecule has 7 heteroatoms. The molecular formula is C19H32ClN5O. The van der Waals surface area contributed by atoms with E-state index >= 15 is 0 Å². The smallest absolute Gasteiger partial charge is 0.276 e. The standard InChI is InChI=1S/C19H31N5O.ClH/c1-13-3-5-15(6-4-13)23(16-7-8-16)19(25)18-14(2)24(22-21-18)17-9-11-20-12-10-17;/h13,15-17,20H,3-12H2,1-2H3;1H.